The van der Waals surface area contributed by atoms with Crippen LogP contribution in [0, 0.1) is 39.9 Å². The lowest BCUT2D eigenvalue weighted by Crippen LogP contribution is -2.68. The van der Waals surface area contributed by atoms with Gasteiger partial charge in [-0.15, -0.1) is 0 Å². The van der Waals surface area contributed by atoms with Gasteiger partial charge < -0.3 is 14.9 Å². The largest absolute Gasteiger partial charge is 0.392 e. The third kappa shape index (κ3) is 0.820. The van der Waals surface area contributed by atoms with Gasteiger partial charge in [0.15, 0.2) is 0 Å². The number of fused-ring (bicyclic) bond motifs is 2. The molecule has 4 aliphatic heterocycles. The Morgan fingerprint density at radius 2 is 2.00 bits per heavy atom. The Labute approximate surface area is 141 Å². The predicted molar refractivity (Wildman–Crippen MR) is 84.6 cm³/mol. The molecule has 2 spiro atoms. The van der Waals surface area contributed by atoms with Crippen LogP contribution in [0.2, 0.25) is 0 Å². The molecule has 24 heavy (non-hydrogen) atoms. The molecule has 1 unspecified atom stereocenters. The molecule has 4 nitrogen and oxygen atoms in total. The molecule has 2 N–H and O–H groups in total. The summed E-state index contributed by atoms with van der Waals surface area (Å²) in [7, 11) is 0. The van der Waals surface area contributed by atoms with E-state index in [4.69, 9.17) is 4.74 Å². The SMILES string of the molecule is C=C1C[C@@]23C[C@H]4[C@@H]5[C@@]6(C)C[C@H]7C[C@@]58[C@@H]2[C@H](O)[C@@H]1[C@H](O)[C@@H]3[C@H]8N4[C@@H]6O7. The van der Waals surface area contributed by atoms with Gasteiger partial charge in [-0.25, -0.2) is 0 Å². The fourth-order valence-corrected chi connectivity index (χ4v) is 11.1. The van der Waals surface area contributed by atoms with Crippen LogP contribution in [-0.4, -0.2) is 51.7 Å². The summed E-state index contributed by atoms with van der Waals surface area (Å²) in [5, 5.41) is 22.7. The molecule has 0 amide bonds. The van der Waals surface area contributed by atoms with Crippen molar-refractivity contribution in [2.45, 2.75) is 69.2 Å². The van der Waals surface area contributed by atoms with Crippen molar-refractivity contribution in [2.75, 3.05) is 0 Å². The van der Waals surface area contributed by atoms with E-state index in [-0.39, 0.29) is 34.5 Å². The van der Waals surface area contributed by atoms with Gasteiger partial charge in [0.2, 0.25) is 0 Å². The normalized spacial score (nSPS) is 80.5. The van der Waals surface area contributed by atoms with E-state index in [2.05, 4.69) is 18.4 Å². The van der Waals surface area contributed by atoms with Gasteiger partial charge in [0, 0.05) is 29.3 Å². The van der Waals surface area contributed by atoms with E-state index < -0.39 is 6.10 Å². The third-order valence-corrected chi connectivity index (χ3v) is 10.6. The average molecular weight is 327 g/mol. The highest BCUT2D eigenvalue weighted by atomic mass is 16.5. The van der Waals surface area contributed by atoms with Crippen molar-refractivity contribution in [3.8, 4) is 0 Å². The fraction of sp³-hybridized carbons (Fsp3) is 0.900. The highest BCUT2D eigenvalue weighted by Gasteiger charge is 2.93. The second-order valence-electron chi connectivity index (χ2n) is 10.9. The van der Waals surface area contributed by atoms with Crippen LogP contribution in [0.15, 0.2) is 12.2 Å². The second-order valence-corrected chi connectivity index (χ2v) is 10.9. The van der Waals surface area contributed by atoms with Gasteiger partial charge in [0.05, 0.1) is 18.3 Å². The lowest BCUT2D eigenvalue weighted by molar-refractivity contribution is -0.216. The quantitative estimate of drug-likeness (QED) is 0.655. The van der Waals surface area contributed by atoms with Gasteiger partial charge in [0.25, 0.3) is 0 Å². The lowest BCUT2D eigenvalue weighted by atomic mass is 9.40. The number of aliphatic hydroxyl groups is 2. The van der Waals surface area contributed by atoms with E-state index in [0.717, 1.165) is 24.8 Å². The van der Waals surface area contributed by atoms with Crippen molar-refractivity contribution >= 4 is 0 Å². The Balaban J connectivity index is 1.48. The lowest BCUT2D eigenvalue weighted by Gasteiger charge is -2.65. The average Bonchev–Trinajstić information content (AvgIpc) is 2.95. The minimum atomic E-state index is -0.396. The van der Waals surface area contributed by atoms with E-state index >= 15 is 0 Å². The first-order valence-corrected chi connectivity index (χ1v) is 9.92. The van der Waals surface area contributed by atoms with Gasteiger partial charge >= 0.3 is 0 Å². The van der Waals surface area contributed by atoms with E-state index in [9.17, 15) is 10.2 Å². The zero-order chi connectivity index (χ0) is 16.0. The molecule has 10 aliphatic rings. The summed E-state index contributed by atoms with van der Waals surface area (Å²) < 4.78 is 6.54. The predicted octanol–water partition coefficient (Wildman–Crippen LogP) is 1.13. The number of hydrogen-bond acceptors (Lipinski definition) is 4. The van der Waals surface area contributed by atoms with E-state index in [1.807, 2.05) is 0 Å². The summed E-state index contributed by atoms with van der Waals surface area (Å²) in [5.41, 5.74) is 1.74. The van der Waals surface area contributed by atoms with Gasteiger partial charge in [-0.2, -0.15) is 0 Å². The maximum absolute atomic E-state index is 11.4. The molecule has 0 aromatic carbocycles. The van der Waals surface area contributed by atoms with E-state index in [0.29, 0.717) is 35.9 Å². The van der Waals surface area contributed by atoms with Crippen LogP contribution in [-0.2, 0) is 4.74 Å². The van der Waals surface area contributed by atoms with Crippen LogP contribution in [0.25, 0.3) is 0 Å². The summed E-state index contributed by atoms with van der Waals surface area (Å²) in [6, 6.07) is 1.08. The van der Waals surface area contributed by atoms with Gasteiger partial charge in [0.1, 0.15) is 6.23 Å². The highest BCUT2D eigenvalue weighted by molar-refractivity contribution is 5.44. The van der Waals surface area contributed by atoms with Crippen molar-refractivity contribution in [1.29, 1.82) is 0 Å². The maximum atomic E-state index is 11.4. The Hall–Kier alpha value is -0.420. The van der Waals surface area contributed by atoms with Gasteiger partial charge in [-0.05, 0) is 48.3 Å². The molecule has 4 heterocycles. The zero-order valence-corrected chi connectivity index (χ0v) is 14.1. The van der Waals surface area contributed by atoms with Crippen molar-refractivity contribution in [3.05, 3.63) is 12.2 Å². The molecule has 0 radical (unpaired) electrons. The number of nitrogens with zero attached hydrogens (tertiary/aromatic N) is 1. The topological polar surface area (TPSA) is 52.9 Å². The molecule has 6 saturated carbocycles. The van der Waals surface area contributed by atoms with Crippen molar-refractivity contribution in [2.24, 2.45) is 39.9 Å². The summed E-state index contributed by atoms with van der Waals surface area (Å²) in [5.74, 6) is 1.31. The van der Waals surface area contributed by atoms with Crippen LogP contribution in [0.1, 0.15) is 32.6 Å². The molecule has 6 aliphatic carbocycles. The second kappa shape index (κ2) is 3.06. The summed E-state index contributed by atoms with van der Waals surface area (Å²) in [6.45, 7) is 6.75. The van der Waals surface area contributed by atoms with Crippen LogP contribution in [0.5, 0.6) is 0 Å². The molecule has 0 aromatic rings. The summed E-state index contributed by atoms with van der Waals surface area (Å²) in [6.07, 6.45) is 4.44. The number of rotatable bonds is 0. The Morgan fingerprint density at radius 3 is 2.83 bits per heavy atom. The van der Waals surface area contributed by atoms with Gasteiger partial charge in [-0.1, -0.05) is 19.1 Å². The monoisotopic (exact) mass is 327 g/mol. The first-order chi connectivity index (χ1) is 11.4. The van der Waals surface area contributed by atoms with E-state index in [1.54, 1.807) is 0 Å². The Kier molecular flexibility index (Phi) is 1.64. The van der Waals surface area contributed by atoms with Crippen LogP contribution < -0.4 is 0 Å². The number of piperidine rings is 2. The summed E-state index contributed by atoms with van der Waals surface area (Å²) in [4.78, 5) is 2.73. The molecule has 4 heteroatoms. The van der Waals surface area contributed by atoms with Crippen molar-refractivity contribution in [1.82, 2.24) is 4.90 Å². The molecule has 128 valence electrons. The molecule has 0 aromatic heterocycles. The van der Waals surface area contributed by atoms with Crippen LogP contribution >= 0.6 is 0 Å². The zero-order valence-electron chi connectivity index (χ0n) is 14.1. The first kappa shape index (κ1) is 12.9. The molecule has 11 bridgehead atoms. The minimum absolute atomic E-state index is 0.0792. The molecule has 14 atom stereocenters. The Bertz CT molecular complexity index is 753. The van der Waals surface area contributed by atoms with Crippen molar-refractivity contribution < 1.29 is 14.9 Å². The number of aliphatic hydroxyl groups excluding tert-OH is 2. The third-order valence-electron chi connectivity index (χ3n) is 10.6. The molecular formula is C20H25NO3. The van der Waals surface area contributed by atoms with Crippen LogP contribution in [0.3, 0.4) is 0 Å². The highest BCUT2D eigenvalue weighted by Crippen LogP contribution is 2.89. The molecule has 4 saturated heterocycles. The summed E-state index contributed by atoms with van der Waals surface area (Å²) >= 11 is 0. The minimum Gasteiger partial charge on any atom is -0.392 e. The standard InChI is InChI=1S/C20H25NO3/c1-7-3-19-6-9-14-18(2)4-8-5-20(14)15(19)13(23)10(7)12(22)11(19)16(20)21(9)17(18)24-8/h8-17,22-23H,1,3-6H2,2H3/t8-,9-,10-,11+,12-,13+,14+,15+,16+,17+,18+,19-,20-/m0/s1. The van der Waals surface area contributed by atoms with Gasteiger partial charge in [-0.3, -0.25) is 4.90 Å². The Morgan fingerprint density at radius 1 is 1.17 bits per heavy atom. The van der Waals surface area contributed by atoms with Crippen molar-refractivity contribution in [3.63, 3.8) is 0 Å². The molecule has 10 fully saturated rings. The smallest absolute Gasteiger partial charge is 0.117 e. The first-order valence-electron chi connectivity index (χ1n) is 9.92. The number of hydrogen-bond donors (Lipinski definition) is 2. The molecular weight excluding hydrogens is 302 g/mol. The van der Waals surface area contributed by atoms with E-state index in [1.165, 1.54) is 6.42 Å². The molecule has 10 rings (SSSR count). The maximum Gasteiger partial charge on any atom is 0.117 e. The fourth-order valence-electron chi connectivity index (χ4n) is 11.1. The number of ether oxygens (including phenoxy) is 1. The van der Waals surface area contributed by atoms with Crippen LogP contribution in [0.4, 0.5) is 0 Å².